The number of phenolic OH excluding ortho intramolecular Hbond substituents is 1. The van der Waals surface area contributed by atoms with Crippen LogP contribution in [0.2, 0.25) is 0 Å². The molecule has 1 aromatic carbocycles. The van der Waals surface area contributed by atoms with Gasteiger partial charge >= 0.3 is 5.97 Å². The lowest BCUT2D eigenvalue weighted by Gasteiger charge is -2.03. The van der Waals surface area contributed by atoms with Crippen molar-refractivity contribution in [2.24, 2.45) is 0 Å². The maximum Gasteiger partial charge on any atom is 0.355 e. The number of allylic oxidation sites excluding steroid dienone is 1. The zero-order valence-corrected chi connectivity index (χ0v) is 14.7. The van der Waals surface area contributed by atoms with Gasteiger partial charge in [0.2, 0.25) is 0 Å². The third kappa shape index (κ3) is 3.91. The number of ketones is 1. The molecule has 0 aliphatic heterocycles. The van der Waals surface area contributed by atoms with Crippen LogP contribution in [0.5, 0.6) is 11.5 Å². The van der Waals surface area contributed by atoms with Crippen LogP contribution in [0.4, 0.5) is 0 Å². The minimum absolute atomic E-state index is 0.0300. The van der Waals surface area contributed by atoms with E-state index in [1.807, 2.05) is 0 Å². The molecule has 0 unspecified atom stereocenters. The average Bonchev–Trinajstić information content (AvgIpc) is 2.88. The number of rotatable bonds is 6. The molecule has 0 saturated heterocycles. The van der Waals surface area contributed by atoms with Gasteiger partial charge in [-0.1, -0.05) is 12.1 Å². The van der Waals surface area contributed by atoms with E-state index in [0.717, 1.165) is 0 Å². The number of benzene rings is 1. The Kier molecular flexibility index (Phi) is 5.64. The Bertz CT molecular complexity index is 833. The molecule has 2 rings (SSSR count). The number of hydrogen-bond acceptors (Lipinski definition) is 5. The van der Waals surface area contributed by atoms with E-state index >= 15 is 0 Å². The maximum atomic E-state index is 12.5. The number of aryl methyl sites for hydroxylation is 1. The van der Waals surface area contributed by atoms with Gasteiger partial charge in [0, 0.05) is 11.3 Å². The second-order valence-electron chi connectivity index (χ2n) is 5.47. The van der Waals surface area contributed by atoms with Gasteiger partial charge in [-0.25, -0.2) is 4.79 Å². The van der Waals surface area contributed by atoms with E-state index in [4.69, 9.17) is 9.47 Å². The molecule has 1 aromatic heterocycles. The third-order valence-corrected chi connectivity index (χ3v) is 3.79. The summed E-state index contributed by atoms with van der Waals surface area (Å²) in [7, 11) is 1.46. The SMILES string of the molecule is CCOC(=O)c1[nH]c(C)c(C(=O)/C=C/c2ccc(O)c(OC)c2)c1C. The molecule has 0 bridgehead atoms. The van der Waals surface area contributed by atoms with Crippen LogP contribution < -0.4 is 4.74 Å². The van der Waals surface area contributed by atoms with Gasteiger partial charge in [0.15, 0.2) is 17.3 Å². The van der Waals surface area contributed by atoms with E-state index in [1.54, 1.807) is 39.0 Å². The number of carbonyl (C=O) groups excluding carboxylic acids is 2. The van der Waals surface area contributed by atoms with Crippen LogP contribution >= 0.6 is 0 Å². The number of carbonyl (C=O) groups is 2. The van der Waals surface area contributed by atoms with Gasteiger partial charge in [0.25, 0.3) is 0 Å². The Hall–Kier alpha value is -3.02. The molecule has 6 nitrogen and oxygen atoms in total. The largest absolute Gasteiger partial charge is 0.504 e. The quantitative estimate of drug-likeness (QED) is 0.477. The second kappa shape index (κ2) is 7.70. The van der Waals surface area contributed by atoms with Crippen molar-refractivity contribution in [3.8, 4) is 11.5 Å². The molecule has 0 atom stereocenters. The fraction of sp³-hybridized carbons (Fsp3) is 0.263. The summed E-state index contributed by atoms with van der Waals surface area (Å²) in [6, 6.07) is 4.79. The van der Waals surface area contributed by atoms with Crippen LogP contribution in [0.3, 0.4) is 0 Å². The van der Waals surface area contributed by atoms with E-state index in [9.17, 15) is 14.7 Å². The maximum absolute atomic E-state index is 12.5. The molecule has 0 aliphatic rings. The Morgan fingerprint density at radius 3 is 2.64 bits per heavy atom. The topological polar surface area (TPSA) is 88.6 Å². The molecule has 1 heterocycles. The van der Waals surface area contributed by atoms with Crippen molar-refractivity contribution >= 4 is 17.8 Å². The van der Waals surface area contributed by atoms with Crippen molar-refractivity contribution in [1.29, 1.82) is 0 Å². The lowest BCUT2D eigenvalue weighted by Crippen LogP contribution is -2.07. The van der Waals surface area contributed by atoms with Crippen LogP contribution in [0.25, 0.3) is 6.08 Å². The minimum atomic E-state index is -0.477. The first-order valence-corrected chi connectivity index (χ1v) is 7.84. The van der Waals surface area contributed by atoms with Gasteiger partial charge < -0.3 is 19.6 Å². The normalized spacial score (nSPS) is 10.9. The molecule has 0 spiro atoms. The van der Waals surface area contributed by atoms with Crippen molar-refractivity contribution < 1.29 is 24.2 Å². The highest BCUT2D eigenvalue weighted by Crippen LogP contribution is 2.27. The Balaban J connectivity index is 2.28. The zero-order valence-electron chi connectivity index (χ0n) is 14.7. The van der Waals surface area contributed by atoms with Crippen LogP contribution in [-0.2, 0) is 4.74 Å². The number of nitrogens with one attached hydrogen (secondary N) is 1. The average molecular weight is 343 g/mol. The predicted octanol–water partition coefficient (Wildman–Crippen LogP) is 3.42. The third-order valence-electron chi connectivity index (χ3n) is 3.79. The summed E-state index contributed by atoms with van der Waals surface area (Å²) < 4.78 is 10.0. The number of aromatic nitrogens is 1. The van der Waals surface area contributed by atoms with E-state index in [0.29, 0.717) is 33.8 Å². The molecule has 6 heteroatoms. The molecule has 0 aliphatic carbocycles. The number of esters is 1. The van der Waals surface area contributed by atoms with Gasteiger partial charge in [-0.05, 0) is 50.1 Å². The van der Waals surface area contributed by atoms with Crippen molar-refractivity contribution in [3.05, 3.63) is 52.4 Å². The number of aromatic amines is 1. The fourth-order valence-electron chi connectivity index (χ4n) is 2.58. The van der Waals surface area contributed by atoms with Crippen molar-refractivity contribution in [2.45, 2.75) is 20.8 Å². The van der Waals surface area contributed by atoms with E-state index < -0.39 is 5.97 Å². The summed E-state index contributed by atoms with van der Waals surface area (Å²) in [5.41, 5.74) is 2.62. The van der Waals surface area contributed by atoms with Crippen LogP contribution in [0.15, 0.2) is 24.3 Å². The van der Waals surface area contributed by atoms with Crippen molar-refractivity contribution in [3.63, 3.8) is 0 Å². The van der Waals surface area contributed by atoms with Crippen LogP contribution in [0, 0.1) is 13.8 Å². The number of methoxy groups -OCH3 is 1. The molecule has 25 heavy (non-hydrogen) atoms. The van der Waals surface area contributed by atoms with E-state index in [2.05, 4.69) is 4.98 Å². The summed E-state index contributed by atoms with van der Waals surface area (Å²) in [4.78, 5) is 27.4. The van der Waals surface area contributed by atoms with E-state index in [-0.39, 0.29) is 18.1 Å². The molecular weight excluding hydrogens is 322 g/mol. The van der Waals surface area contributed by atoms with Gasteiger partial charge in [0.05, 0.1) is 13.7 Å². The molecule has 0 saturated carbocycles. The highest BCUT2D eigenvalue weighted by molar-refractivity contribution is 6.10. The first kappa shape index (κ1) is 18.3. The molecular formula is C19H21NO5. The van der Waals surface area contributed by atoms with Gasteiger partial charge in [-0.3, -0.25) is 4.79 Å². The molecule has 132 valence electrons. The lowest BCUT2D eigenvalue weighted by molar-refractivity contribution is 0.0519. The summed E-state index contributed by atoms with van der Waals surface area (Å²) in [6.45, 7) is 5.44. The molecule has 0 fully saturated rings. The Labute approximate surface area is 146 Å². The first-order chi connectivity index (χ1) is 11.9. The van der Waals surface area contributed by atoms with Crippen molar-refractivity contribution in [1.82, 2.24) is 4.98 Å². The standard InChI is InChI=1S/C19H21NO5/c1-5-25-19(23)18-11(2)17(12(3)20-18)15(22)9-7-13-6-8-14(21)16(10-13)24-4/h6-10,20-21H,5H2,1-4H3/b9-7+. The Morgan fingerprint density at radius 1 is 1.28 bits per heavy atom. The highest BCUT2D eigenvalue weighted by atomic mass is 16.5. The Morgan fingerprint density at radius 2 is 2.00 bits per heavy atom. The summed E-state index contributed by atoms with van der Waals surface area (Å²) in [5, 5.41) is 9.60. The number of phenols is 1. The summed E-state index contributed by atoms with van der Waals surface area (Å²) in [6.07, 6.45) is 3.05. The van der Waals surface area contributed by atoms with Gasteiger partial charge in [-0.15, -0.1) is 0 Å². The number of ether oxygens (including phenoxy) is 2. The summed E-state index contributed by atoms with van der Waals surface area (Å²) >= 11 is 0. The second-order valence-corrected chi connectivity index (χ2v) is 5.47. The minimum Gasteiger partial charge on any atom is -0.504 e. The first-order valence-electron chi connectivity index (χ1n) is 7.84. The summed E-state index contributed by atoms with van der Waals surface area (Å²) in [5.74, 6) is -0.348. The molecule has 2 aromatic rings. The van der Waals surface area contributed by atoms with Crippen molar-refractivity contribution in [2.75, 3.05) is 13.7 Å². The molecule has 0 amide bonds. The predicted molar refractivity (Wildman–Crippen MR) is 94.2 cm³/mol. The van der Waals surface area contributed by atoms with Crippen LogP contribution in [-0.4, -0.2) is 35.6 Å². The number of H-pyrrole nitrogens is 1. The highest BCUT2D eigenvalue weighted by Gasteiger charge is 2.21. The number of aromatic hydroxyl groups is 1. The lowest BCUT2D eigenvalue weighted by atomic mass is 10.0. The van der Waals surface area contributed by atoms with E-state index in [1.165, 1.54) is 19.3 Å². The van der Waals surface area contributed by atoms with Crippen LogP contribution in [0.1, 0.15) is 44.6 Å². The monoisotopic (exact) mass is 343 g/mol. The van der Waals surface area contributed by atoms with Gasteiger partial charge in [0.1, 0.15) is 5.69 Å². The zero-order chi connectivity index (χ0) is 18.6. The van der Waals surface area contributed by atoms with Gasteiger partial charge in [-0.2, -0.15) is 0 Å². The fourth-order valence-corrected chi connectivity index (χ4v) is 2.58. The molecule has 2 N–H and O–H groups in total. The molecule has 0 radical (unpaired) electrons. The smallest absolute Gasteiger partial charge is 0.355 e. The number of hydrogen-bond donors (Lipinski definition) is 2.